The molecular weight excluding hydrogens is 719 g/mol. The molecule has 0 radical (unpaired) electrons. The van der Waals surface area contributed by atoms with Crippen LogP contribution in [0.3, 0.4) is 0 Å². The van der Waals surface area contributed by atoms with Crippen molar-refractivity contribution in [3.05, 3.63) is 74.4 Å². The Morgan fingerprint density at radius 1 is 1.04 bits per heavy atom. The van der Waals surface area contributed by atoms with Gasteiger partial charge in [-0.2, -0.15) is 13.2 Å². The highest BCUT2D eigenvalue weighted by Crippen LogP contribution is 2.36. The van der Waals surface area contributed by atoms with Gasteiger partial charge in [0, 0.05) is 61.7 Å². The molecule has 260 valence electrons. The Kier molecular flexibility index (Phi) is 10.3. The van der Waals surface area contributed by atoms with Gasteiger partial charge in [0.25, 0.3) is 17.5 Å². The van der Waals surface area contributed by atoms with Gasteiger partial charge in [0.15, 0.2) is 0 Å². The molecule has 3 N–H and O–H groups in total. The number of halogens is 4. The van der Waals surface area contributed by atoms with Crippen LogP contribution in [-0.4, -0.2) is 98.4 Å². The molecule has 1 aromatic carbocycles. The number of benzene rings is 1. The smallest absolute Gasteiger partial charge is 0.387 e. The van der Waals surface area contributed by atoms with E-state index < -0.39 is 58.1 Å². The van der Waals surface area contributed by atoms with Crippen molar-refractivity contribution in [1.82, 2.24) is 24.8 Å². The summed E-state index contributed by atoms with van der Waals surface area (Å²) in [6.07, 6.45) is -2.08. The summed E-state index contributed by atoms with van der Waals surface area (Å²) in [4.78, 5) is 66.6. The topological polar surface area (TPSA) is 185 Å². The van der Waals surface area contributed by atoms with Crippen LogP contribution >= 0.6 is 15.9 Å². The number of rotatable bonds is 8. The average molecular weight is 751 g/mol. The summed E-state index contributed by atoms with van der Waals surface area (Å²) < 4.78 is 45.9. The second kappa shape index (κ2) is 14.3. The number of nitro benzene ring substituents is 1. The number of nitro groups is 1. The number of aromatic nitrogens is 3. The minimum absolute atomic E-state index is 0.0141. The zero-order chi connectivity index (χ0) is 35.6. The number of hydrogen-bond acceptors (Lipinski definition) is 11. The Hall–Kier alpha value is -4.91. The predicted molar refractivity (Wildman–Crippen MR) is 173 cm³/mol. The molecule has 3 amide bonds. The maximum atomic E-state index is 13.9. The Morgan fingerprint density at radius 2 is 1.76 bits per heavy atom. The van der Waals surface area contributed by atoms with E-state index in [2.05, 4.69) is 46.8 Å². The molecule has 2 aliphatic rings. The standard InChI is InChI=1S/C30H31BrF3N9O6/c1-15-11-41(12-16(2)49-15)29(46)21-5-18(31)6-22(43(47)48)26(21)39-20-7-23(27(44)40-25-8-24(30(32,33)34)37-14-38-25)42(13-20)28(45)17-4-19(35-3)10-36-9-17/h4-6,8-10,14-16,20,23,35,39H,7,11-13H2,1-3H3,(H,37,38,40,44)/t15-,16+,20-,23+/m1/s1. The first-order valence-corrected chi connectivity index (χ1v) is 15.8. The number of carbonyl (C=O) groups excluding carboxylic acids is 3. The van der Waals surface area contributed by atoms with Crippen LogP contribution in [0.25, 0.3) is 0 Å². The van der Waals surface area contributed by atoms with Gasteiger partial charge < -0.3 is 30.5 Å². The highest BCUT2D eigenvalue weighted by atomic mass is 79.9. The van der Waals surface area contributed by atoms with Crippen molar-refractivity contribution in [2.45, 2.75) is 50.7 Å². The number of nitrogens with one attached hydrogen (secondary N) is 3. The van der Waals surface area contributed by atoms with Gasteiger partial charge in [-0.05, 0) is 32.4 Å². The molecule has 5 rings (SSSR count). The van der Waals surface area contributed by atoms with Crippen LogP contribution in [0.5, 0.6) is 0 Å². The van der Waals surface area contributed by atoms with Gasteiger partial charge >= 0.3 is 6.18 Å². The molecular formula is C30H31BrF3N9O6. The monoisotopic (exact) mass is 749 g/mol. The van der Waals surface area contributed by atoms with Crippen molar-refractivity contribution in [1.29, 1.82) is 0 Å². The van der Waals surface area contributed by atoms with E-state index >= 15 is 0 Å². The SMILES string of the molecule is CNc1cncc(C(=O)N2C[C@H](Nc3c(C(=O)N4C[C@@H](C)O[C@@H](C)C4)cc(Br)cc3[N+](=O)[O-])C[C@H]2C(=O)Nc2cc(C(F)(F)F)ncn2)c1. The number of likely N-dealkylation sites (tertiary alicyclic amines) is 1. The molecule has 3 aromatic rings. The molecule has 4 heterocycles. The highest BCUT2D eigenvalue weighted by molar-refractivity contribution is 9.10. The second-order valence-electron chi connectivity index (χ2n) is 11.6. The quantitative estimate of drug-likeness (QED) is 0.222. The lowest BCUT2D eigenvalue weighted by Crippen LogP contribution is -2.48. The van der Waals surface area contributed by atoms with E-state index in [-0.39, 0.29) is 59.6 Å². The van der Waals surface area contributed by atoms with E-state index in [0.717, 1.165) is 0 Å². The number of hydrogen-bond donors (Lipinski definition) is 3. The summed E-state index contributed by atoms with van der Waals surface area (Å²) in [6, 6.07) is 2.64. The normalized spacial score (nSPS) is 20.9. The molecule has 19 heteroatoms. The lowest BCUT2D eigenvalue weighted by molar-refractivity contribution is -0.384. The number of anilines is 3. The van der Waals surface area contributed by atoms with Crippen molar-refractivity contribution in [2.75, 3.05) is 42.6 Å². The summed E-state index contributed by atoms with van der Waals surface area (Å²) in [5, 5.41) is 20.5. The minimum atomic E-state index is -4.80. The number of alkyl halides is 3. The molecule has 15 nitrogen and oxygen atoms in total. The lowest BCUT2D eigenvalue weighted by Gasteiger charge is -2.35. The Labute approximate surface area is 285 Å². The fraction of sp³-hybridized carbons (Fsp3) is 0.400. The molecule has 0 saturated carbocycles. The second-order valence-corrected chi connectivity index (χ2v) is 12.5. The predicted octanol–water partition coefficient (Wildman–Crippen LogP) is 4.19. The molecule has 0 unspecified atom stereocenters. The van der Waals surface area contributed by atoms with Crippen LogP contribution in [0.2, 0.25) is 0 Å². The summed E-state index contributed by atoms with van der Waals surface area (Å²) in [5.41, 5.74) is -1.23. The summed E-state index contributed by atoms with van der Waals surface area (Å²) >= 11 is 3.26. The van der Waals surface area contributed by atoms with Crippen LogP contribution in [0.1, 0.15) is 46.7 Å². The van der Waals surface area contributed by atoms with Gasteiger partial charge in [0.2, 0.25) is 5.91 Å². The van der Waals surface area contributed by atoms with E-state index in [4.69, 9.17) is 4.74 Å². The van der Waals surface area contributed by atoms with Gasteiger partial charge in [-0.25, -0.2) is 9.97 Å². The number of pyridine rings is 1. The number of nitrogens with zero attached hydrogens (tertiary/aromatic N) is 6. The molecule has 0 aliphatic carbocycles. The van der Waals surface area contributed by atoms with Crippen LogP contribution in [0.4, 0.5) is 36.1 Å². The van der Waals surface area contributed by atoms with Crippen LogP contribution in [-0.2, 0) is 15.7 Å². The molecule has 0 bridgehead atoms. The third kappa shape index (κ3) is 8.05. The Morgan fingerprint density at radius 3 is 2.41 bits per heavy atom. The summed E-state index contributed by atoms with van der Waals surface area (Å²) in [6.45, 7) is 3.93. The summed E-state index contributed by atoms with van der Waals surface area (Å²) in [5.74, 6) is -2.43. The van der Waals surface area contributed by atoms with E-state index in [0.29, 0.717) is 18.1 Å². The highest BCUT2D eigenvalue weighted by Gasteiger charge is 2.42. The summed E-state index contributed by atoms with van der Waals surface area (Å²) in [7, 11) is 1.62. The largest absolute Gasteiger partial charge is 0.433 e. The van der Waals surface area contributed by atoms with Crippen molar-refractivity contribution < 1.29 is 37.2 Å². The maximum Gasteiger partial charge on any atom is 0.433 e. The molecule has 2 aliphatic heterocycles. The average Bonchev–Trinajstić information content (AvgIpc) is 3.48. The molecule has 4 atom stereocenters. The van der Waals surface area contributed by atoms with Gasteiger partial charge in [-0.3, -0.25) is 29.5 Å². The van der Waals surface area contributed by atoms with Gasteiger partial charge in [0.05, 0.1) is 33.9 Å². The molecule has 0 spiro atoms. The Bertz CT molecular complexity index is 1770. The van der Waals surface area contributed by atoms with Crippen molar-refractivity contribution in [3.63, 3.8) is 0 Å². The first-order chi connectivity index (χ1) is 23.1. The van der Waals surface area contributed by atoms with Crippen LogP contribution in [0, 0.1) is 10.1 Å². The van der Waals surface area contributed by atoms with E-state index in [9.17, 15) is 37.7 Å². The number of ether oxygens (including phenoxy) is 1. The van der Waals surface area contributed by atoms with E-state index in [1.165, 1.54) is 40.4 Å². The maximum absolute atomic E-state index is 13.9. The third-order valence-electron chi connectivity index (χ3n) is 7.91. The molecule has 2 aromatic heterocycles. The first-order valence-electron chi connectivity index (χ1n) is 15.0. The van der Waals surface area contributed by atoms with Crippen molar-refractivity contribution >= 4 is 56.5 Å². The Balaban J connectivity index is 1.49. The zero-order valence-corrected chi connectivity index (χ0v) is 27.9. The number of amides is 3. The third-order valence-corrected chi connectivity index (χ3v) is 8.37. The minimum Gasteiger partial charge on any atom is -0.387 e. The fourth-order valence-corrected chi connectivity index (χ4v) is 6.28. The fourth-order valence-electron chi connectivity index (χ4n) is 5.84. The molecule has 2 fully saturated rings. The molecule has 2 saturated heterocycles. The van der Waals surface area contributed by atoms with E-state index in [1.54, 1.807) is 20.9 Å². The van der Waals surface area contributed by atoms with Crippen molar-refractivity contribution in [2.24, 2.45) is 0 Å². The van der Waals surface area contributed by atoms with Gasteiger partial charge in [-0.1, -0.05) is 15.9 Å². The zero-order valence-electron chi connectivity index (χ0n) is 26.3. The van der Waals surface area contributed by atoms with E-state index in [1.807, 2.05) is 0 Å². The number of carbonyl (C=O) groups is 3. The first kappa shape index (κ1) is 35.4. The van der Waals surface area contributed by atoms with Crippen molar-refractivity contribution in [3.8, 4) is 0 Å². The van der Waals surface area contributed by atoms with Gasteiger partial charge in [-0.15, -0.1) is 0 Å². The van der Waals surface area contributed by atoms with Gasteiger partial charge in [0.1, 0.15) is 29.6 Å². The van der Waals surface area contributed by atoms with Crippen LogP contribution in [0.15, 0.2) is 47.5 Å². The number of morpholine rings is 1. The lowest BCUT2D eigenvalue weighted by atomic mass is 10.1. The van der Waals surface area contributed by atoms with Crippen LogP contribution < -0.4 is 16.0 Å². The molecule has 49 heavy (non-hydrogen) atoms.